The van der Waals surface area contributed by atoms with E-state index in [1.165, 1.54) is 77.0 Å². The van der Waals surface area contributed by atoms with Gasteiger partial charge >= 0.3 is 11.9 Å². The predicted molar refractivity (Wildman–Crippen MR) is 137 cm³/mol. The standard InChI is InChI=1S/C29H52O4/c1-4-5-6-7-8-9-10-11-12-13-14-15-16-19-23-32-28(30)26-20-17-18-21-27(26)29(31)33-24-22-25(2)3/h17-18,25-27H,4-16,19-24H2,1-3H3. The second kappa shape index (κ2) is 20.1. The van der Waals surface area contributed by atoms with Crippen LogP contribution in [0.4, 0.5) is 0 Å². The van der Waals surface area contributed by atoms with Crippen molar-refractivity contribution in [1.29, 1.82) is 0 Å². The fraction of sp³-hybridized carbons (Fsp3) is 0.862. The Morgan fingerprint density at radius 3 is 1.48 bits per heavy atom. The summed E-state index contributed by atoms with van der Waals surface area (Å²) in [6.45, 7) is 7.37. The Hall–Kier alpha value is -1.32. The summed E-state index contributed by atoms with van der Waals surface area (Å²) in [6, 6.07) is 0. The highest BCUT2D eigenvalue weighted by atomic mass is 16.5. The highest BCUT2D eigenvalue weighted by Crippen LogP contribution is 2.28. The SMILES string of the molecule is CCCCCCCCCCCCCCCCOC(=O)C1CC=CCC1C(=O)OCCC(C)C. The summed E-state index contributed by atoms with van der Waals surface area (Å²) in [5.41, 5.74) is 0. The summed E-state index contributed by atoms with van der Waals surface area (Å²) in [7, 11) is 0. The van der Waals surface area contributed by atoms with Crippen molar-refractivity contribution < 1.29 is 19.1 Å². The number of esters is 2. The van der Waals surface area contributed by atoms with Crippen molar-refractivity contribution in [3.05, 3.63) is 12.2 Å². The monoisotopic (exact) mass is 464 g/mol. The van der Waals surface area contributed by atoms with Crippen LogP contribution >= 0.6 is 0 Å². The molecule has 0 spiro atoms. The summed E-state index contributed by atoms with van der Waals surface area (Å²) in [6.07, 6.45) is 24.3. The van der Waals surface area contributed by atoms with Crippen LogP contribution in [0.15, 0.2) is 12.2 Å². The van der Waals surface area contributed by atoms with Gasteiger partial charge in [-0.25, -0.2) is 0 Å². The van der Waals surface area contributed by atoms with Crippen molar-refractivity contribution in [3.8, 4) is 0 Å². The number of hydrogen-bond donors (Lipinski definition) is 0. The molecule has 1 aliphatic carbocycles. The largest absolute Gasteiger partial charge is 0.465 e. The molecule has 0 bridgehead atoms. The molecule has 0 heterocycles. The summed E-state index contributed by atoms with van der Waals surface area (Å²) in [5, 5.41) is 0. The normalized spacial score (nSPS) is 17.9. The fourth-order valence-electron chi connectivity index (χ4n) is 4.41. The minimum Gasteiger partial charge on any atom is -0.465 e. The first kappa shape index (κ1) is 29.7. The van der Waals surface area contributed by atoms with E-state index in [-0.39, 0.29) is 11.9 Å². The van der Waals surface area contributed by atoms with E-state index in [1.807, 2.05) is 12.2 Å². The molecule has 0 saturated carbocycles. The molecule has 4 nitrogen and oxygen atoms in total. The topological polar surface area (TPSA) is 52.6 Å². The zero-order valence-electron chi connectivity index (χ0n) is 22.0. The Labute approximate surface area is 204 Å². The Morgan fingerprint density at radius 1 is 0.667 bits per heavy atom. The molecule has 2 atom stereocenters. The maximum absolute atomic E-state index is 12.6. The number of ether oxygens (including phenoxy) is 2. The lowest BCUT2D eigenvalue weighted by Gasteiger charge is -2.25. The second-order valence-electron chi connectivity index (χ2n) is 10.3. The van der Waals surface area contributed by atoms with Crippen molar-refractivity contribution in [2.75, 3.05) is 13.2 Å². The predicted octanol–water partition coefficient (Wildman–Crippen LogP) is 8.18. The summed E-state index contributed by atoms with van der Waals surface area (Å²) >= 11 is 0. The van der Waals surface area contributed by atoms with Gasteiger partial charge in [-0.15, -0.1) is 0 Å². The van der Waals surface area contributed by atoms with Gasteiger partial charge in [0.05, 0.1) is 25.0 Å². The Bertz CT molecular complexity index is 526. The Morgan fingerprint density at radius 2 is 1.06 bits per heavy atom. The molecule has 1 aliphatic rings. The van der Waals surface area contributed by atoms with Crippen molar-refractivity contribution in [1.82, 2.24) is 0 Å². The van der Waals surface area contributed by atoms with Crippen LogP contribution in [0.2, 0.25) is 0 Å². The third kappa shape index (κ3) is 15.2. The fourth-order valence-corrected chi connectivity index (χ4v) is 4.41. The van der Waals surface area contributed by atoms with Gasteiger partial charge in [-0.05, 0) is 31.6 Å². The number of carbonyl (C=O) groups excluding carboxylic acids is 2. The number of hydrogen-bond acceptors (Lipinski definition) is 4. The van der Waals surface area contributed by atoms with Crippen LogP contribution in [0.3, 0.4) is 0 Å². The van der Waals surface area contributed by atoms with E-state index in [1.54, 1.807) is 0 Å². The quantitative estimate of drug-likeness (QED) is 0.103. The van der Waals surface area contributed by atoms with Crippen LogP contribution in [0.25, 0.3) is 0 Å². The van der Waals surface area contributed by atoms with E-state index in [2.05, 4.69) is 20.8 Å². The van der Waals surface area contributed by atoms with E-state index in [0.29, 0.717) is 32.0 Å². The maximum atomic E-state index is 12.6. The molecular formula is C29H52O4. The minimum absolute atomic E-state index is 0.236. The highest BCUT2D eigenvalue weighted by molar-refractivity contribution is 5.82. The zero-order chi connectivity index (χ0) is 24.2. The molecule has 0 saturated heterocycles. The lowest BCUT2D eigenvalue weighted by molar-refractivity contribution is -0.161. The molecule has 0 aliphatic heterocycles. The Kier molecular flexibility index (Phi) is 18.1. The van der Waals surface area contributed by atoms with Gasteiger partial charge in [0.15, 0.2) is 0 Å². The number of carbonyl (C=O) groups is 2. The number of unbranched alkanes of at least 4 members (excludes halogenated alkanes) is 13. The van der Waals surface area contributed by atoms with Crippen molar-refractivity contribution in [2.45, 2.75) is 130 Å². The van der Waals surface area contributed by atoms with Gasteiger partial charge in [0.2, 0.25) is 0 Å². The Balaban J connectivity index is 2.03. The van der Waals surface area contributed by atoms with E-state index in [0.717, 1.165) is 19.3 Å². The van der Waals surface area contributed by atoms with E-state index in [9.17, 15) is 9.59 Å². The molecule has 0 amide bonds. The lowest BCUT2D eigenvalue weighted by atomic mass is 9.83. The molecule has 4 heteroatoms. The molecule has 192 valence electrons. The highest BCUT2D eigenvalue weighted by Gasteiger charge is 2.36. The summed E-state index contributed by atoms with van der Waals surface area (Å²) in [4.78, 5) is 25.0. The first-order valence-electron chi connectivity index (χ1n) is 14.0. The van der Waals surface area contributed by atoms with E-state index < -0.39 is 11.8 Å². The molecule has 0 fully saturated rings. The van der Waals surface area contributed by atoms with Crippen LogP contribution in [-0.2, 0) is 19.1 Å². The number of allylic oxidation sites excluding steroid dienone is 2. The van der Waals surface area contributed by atoms with Crippen molar-refractivity contribution >= 4 is 11.9 Å². The minimum atomic E-state index is -0.397. The van der Waals surface area contributed by atoms with Crippen LogP contribution in [-0.4, -0.2) is 25.2 Å². The first-order valence-corrected chi connectivity index (χ1v) is 14.0. The smallest absolute Gasteiger partial charge is 0.310 e. The van der Waals surface area contributed by atoms with Crippen molar-refractivity contribution in [2.24, 2.45) is 17.8 Å². The molecule has 0 aromatic carbocycles. The van der Waals surface area contributed by atoms with Gasteiger partial charge in [-0.2, -0.15) is 0 Å². The van der Waals surface area contributed by atoms with Gasteiger partial charge in [0.1, 0.15) is 0 Å². The van der Waals surface area contributed by atoms with Gasteiger partial charge in [-0.3, -0.25) is 9.59 Å². The molecule has 0 N–H and O–H groups in total. The van der Waals surface area contributed by atoms with Crippen LogP contribution < -0.4 is 0 Å². The van der Waals surface area contributed by atoms with Crippen LogP contribution in [0.1, 0.15) is 130 Å². The summed E-state index contributed by atoms with van der Waals surface area (Å²) in [5.74, 6) is -0.785. The molecule has 0 aromatic rings. The van der Waals surface area contributed by atoms with Crippen molar-refractivity contribution in [3.63, 3.8) is 0 Å². The molecular weight excluding hydrogens is 412 g/mol. The average Bonchev–Trinajstić information content (AvgIpc) is 2.81. The van der Waals surface area contributed by atoms with Crippen LogP contribution in [0, 0.1) is 17.8 Å². The van der Waals surface area contributed by atoms with Crippen LogP contribution in [0.5, 0.6) is 0 Å². The third-order valence-corrected chi connectivity index (χ3v) is 6.72. The zero-order valence-corrected chi connectivity index (χ0v) is 22.0. The average molecular weight is 465 g/mol. The molecule has 33 heavy (non-hydrogen) atoms. The van der Waals surface area contributed by atoms with E-state index >= 15 is 0 Å². The van der Waals surface area contributed by atoms with Gasteiger partial charge < -0.3 is 9.47 Å². The molecule has 0 aromatic heterocycles. The second-order valence-corrected chi connectivity index (χ2v) is 10.3. The molecule has 2 unspecified atom stereocenters. The van der Waals surface area contributed by atoms with Gasteiger partial charge in [0.25, 0.3) is 0 Å². The maximum Gasteiger partial charge on any atom is 0.310 e. The number of rotatable bonds is 20. The van der Waals surface area contributed by atoms with Gasteiger partial charge in [-0.1, -0.05) is 116 Å². The summed E-state index contributed by atoms with van der Waals surface area (Å²) < 4.78 is 11.0. The molecule has 1 rings (SSSR count). The van der Waals surface area contributed by atoms with E-state index in [4.69, 9.17) is 9.47 Å². The lowest BCUT2D eigenvalue weighted by Crippen LogP contribution is -2.34. The van der Waals surface area contributed by atoms with Gasteiger partial charge in [0, 0.05) is 0 Å². The first-order chi connectivity index (χ1) is 16.1. The third-order valence-electron chi connectivity index (χ3n) is 6.72. The molecule has 0 radical (unpaired) electrons.